The first-order chi connectivity index (χ1) is 9.99. The van der Waals surface area contributed by atoms with Crippen LogP contribution in [0.3, 0.4) is 0 Å². The Morgan fingerprint density at radius 3 is 2.33 bits per heavy atom. The molecule has 1 aromatic rings. The standard InChI is InChI=1S/C19H32OSi/c1-6-8-10-16-19(21(3,4)5)20-18(13-7-2)17-14-11-9-12-15-17/h7,9,11-12,14-15,18-19H,2,6,8,10,13,16H2,1,3-5H3/t18-,19-/m0/s1. The van der Waals surface area contributed by atoms with Gasteiger partial charge < -0.3 is 4.74 Å². The zero-order valence-corrected chi connectivity index (χ0v) is 15.3. The van der Waals surface area contributed by atoms with Gasteiger partial charge in [0.25, 0.3) is 0 Å². The van der Waals surface area contributed by atoms with Crippen LogP contribution in [0, 0.1) is 0 Å². The Morgan fingerprint density at radius 1 is 1.14 bits per heavy atom. The molecule has 21 heavy (non-hydrogen) atoms. The molecule has 0 saturated heterocycles. The molecular weight excluding hydrogens is 272 g/mol. The van der Waals surface area contributed by atoms with E-state index in [1.54, 1.807) is 0 Å². The van der Waals surface area contributed by atoms with Crippen LogP contribution < -0.4 is 0 Å². The van der Waals surface area contributed by atoms with Gasteiger partial charge in [0.05, 0.1) is 14.2 Å². The van der Waals surface area contributed by atoms with E-state index in [9.17, 15) is 0 Å². The number of unbranched alkanes of at least 4 members (excludes halogenated alkanes) is 2. The van der Waals surface area contributed by atoms with Crippen molar-refractivity contribution in [2.45, 2.75) is 70.5 Å². The fourth-order valence-corrected chi connectivity index (χ4v) is 4.22. The van der Waals surface area contributed by atoms with E-state index in [2.05, 4.69) is 63.5 Å². The molecule has 2 atom stereocenters. The molecule has 0 fully saturated rings. The quantitative estimate of drug-likeness (QED) is 0.286. The molecule has 0 amide bonds. The van der Waals surface area contributed by atoms with Crippen molar-refractivity contribution in [3.8, 4) is 0 Å². The van der Waals surface area contributed by atoms with Crippen LogP contribution in [-0.4, -0.2) is 13.8 Å². The van der Waals surface area contributed by atoms with E-state index in [1.165, 1.54) is 31.2 Å². The first-order valence-electron chi connectivity index (χ1n) is 8.30. The number of benzene rings is 1. The van der Waals surface area contributed by atoms with Crippen LogP contribution in [-0.2, 0) is 4.74 Å². The predicted molar refractivity (Wildman–Crippen MR) is 96.4 cm³/mol. The Hall–Kier alpha value is -0.863. The SMILES string of the molecule is C=CC[C@H](O[C@H](CCCCC)[Si](C)(C)C)c1ccccc1. The normalized spacial score (nSPS) is 14.7. The summed E-state index contributed by atoms with van der Waals surface area (Å²) < 4.78 is 6.58. The van der Waals surface area contributed by atoms with Crippen LogP contribution >= 0.6 is 0 Å². The van der Waals surface area contributed by atoms with Crippen LogP contribution in [0.1, 0.15) is 50.7 Å². The van der Waals surface area contributed by atoms with E-state index in [4.69, 9.17) is 4.74 Å². The number of hydrogen-bond acceptors (Lipinski definition) is 1. The summed E-state index contributed by atoms with van der Waals surface area (Å²) in [6, 6.07) is 10.6. The Labute approximate surface area is 132 Å². The van der Waals surface area contributed by atoms with Crippen LogP contribution in [0.2, 0.25) is 19.6 Å². The third kappa shape index (κ3) is 6.62. The van der Waals surface area contributed by atoms with Gasteiger partial charge in [0, 0.05) is 5.73 Å². The monoisotopic (exact) mass is 304 g/mol. The number of rotatable bonds is 10. The Balaban J connectivity index is 2.78. The average Bonchev–Trinajstić information content (AvgIpc) is 2.45. The fraction of sp³-hybridized carbons (Fsp3) is 0.579. The molecule has 1 nitrogen and oxygen atoms in total. The van der Waals surface area contributed by atoms with E-state index in [-0.39, 0.29) is 6.10 Å². The molecule has 0 N–H and O–H groups in total. The summed E-state index contributed by atoms with van der Waals surface area (Å²) in [4.78, 5) is 0. The maximum Gasteiger partial charge on any atom is 0.0858 e. The molecular formula is C19H32OSi. The minimum atomic E-state index is -1.32. The number of ether oxygens (including phenoxy) is 1. The van der Waals surface area contributed by atoms with Crippen molar-refractivity contribution < 1.29 is 4.74 Å². The maximum atomic E-state index is 6.58. The van der Waals surface area contributed by atoms with Crippen molar-refractivity contribution in [1.29, 1.82) is 0 Å². The van der Waals surface area contributed by atoms with Gasteiger partial charge in [-0.15, -0.1) is 6.58 Å². The first-order valence-corrected chi connectivity index (χ1v) is 11.9. The zero-order valence-electron chi connectivity index (χ0n) is 14.3. The highest BCUT2D eigenvalue weighted by Crippen LogP contribution is 2.28. The van der Waals surface area contributed by atoms with E-state index in [0.29, 0.717) is 5.73 Å². The van der Waals surface area contributed by atoms with Gasteiger partial charge in [-0.3, -0.25) is 0 Å². The van der Waals surface area contributed by atoms with Crippen LogP contribution in [0.4, 0.5) is 0 Å². The van der Waals surface area contributed by atoms with Crippen molar-refractivity contribution in [3.05, 3.63) is 48.6 Å². The topological polar surface area (TPSA) is 9.23 Å². The third-order valence-corrected chi connectivity index (χ3v) is 6.27. The Bertz CT molecular complexity index is 394. The molecule has 0 heterocycles. The van der Waals surface area contributed by atoms with Gasteiger partial charge >= 0.3 is 0 Å². The lowest BCUT2D eigenvalue weighted by atomic mass is 10.1. The van der Waals surface area contributed by atoms with Crippen LogP contribution in [0.15, 0.2) is 43.0 Å². The minimum absolute atomic E-state index is 0.155. The summed E-state index contributed by atoms with van der Waals surface area (Å²) >= 11 is 0. The molecule has 0 radical (unpaired) electrons. The summed E-state index contributed by atoms with van der Waals surface area (Å²) in [5, 5.41) is 0. The zero-order chi connectivity index (χ0) is 15.7. The van der Waals surface area contributed by atoms with Gasteiger partial charge in [-0.25, -0.2) is 0 Å². The Morgan fingerprint density at radius 2 is 1.81 bits per heavy atom. The highest BCUT2D eigenvalue weighted by Gasteiger charge is 2.29. The van der Waals surface area contributed by atoms with Gasteiger partial charge in [0.1, 0.15) is 0 Å². The van der Waals surface area contributed by atoms with Gasteiger partial charge in [-0.1, -0.05) is 82.2 Å². The molecule has 0 aromatic heterocycles. The summed E-state index contributed by atoms with van der Waals surface area (Å²) in [5.74, 6) is 0. The lowest BCUT2D eigenvalue weighted by Crippen LogP contribution is -2.41. The second-order valence-corrected chi connectivity index (χ2v) is 12.3. The summed E-state index contributed by atoms with van der Waals surface area (Å²) in [5.41, 5.74) is 1.70. The maximum absolute atomic E-state index is 6.58. The average molecular weight is 305 g/mol. The van der Waals surface area contributed by atoms with Crippen molar-refractivity contribution in [2.24, 2.45) is 0 Å². The molecule has 1 aromatic carbocycles. The Kier molecular flexibility index (Phi) is 7.98. The molecule has 1 rings (SSSR count). The van der Waals surface area contributed by atoms with Gasteiger partial charge in [0.15, 0.2) is 0 Å². The fourth-order valence-electron chi connectivity index (χ4n) is 2.57. The molecule has 0 aliphatic heterocycles. The van der Waals surface area contributed by atoms with Crippen molar-refractivity contribution in [2.75, 3.05) is 0 Å². The summed E-state index contributed by atoms with van der Waals surface area (Å²) in [6.45, 7) is 13.4. The van der Waals surface area contributed by atoms with Crippen LogP contribution in [0.5, 0.6) is 0 Å². The van der Waals surface area contributed by atoms with E-state index >= 15 is 0 Å². The molecule has 0 bridgehead atoms. The highest BCUT2D eigenvalue weighted by atomic mass is 28.3. The predicted octanol–water partition coefficient (Wildman–Crippen LogP) is 6.15. The third-order valence-electron chi connectivity index (χ3n) is 3.92. The lowest BCUT2D eigenvalue weighted by Gasteiger charge is -2.33. The molecule has 0 aliphatic carbocycles. The van der Waals surface area contributed by atoms with E-state index < -0.39 is 8.07 Å². The smallest absolute Gasteiger partial charge is 0.0858 e. The van der Waals surface area contributed by atoms with E-state index in [1.807, 2.05) is 6.08 Å². The highest BCUT2D eigenvalue weighted by molar-refractivity contribution is 6.77. The summed E-state index contributed by atoms with van der Waals surface area (Å²) in [6.07, 6.45) is 8.08. The van der Waals surface area contributed by atoms with Gasteiger partial charge in [-0.2, -0.15) is 0 Å². The molecule has 0 saturated carbocycles. The largest absolute Gasteiger partial charge is 0.373 e. The lowest BCUT2D eigenvalue weighted by molar-refractivity contribution is 0.0206. The molecule has 118 valence electrons. The molecule has 2 heteroatoms. The van der Waals surface area contributed by atoms with Crippen molar-refractivity contribution in [1.82, 2.24) is 0 Å². The first kappa shape index (κ1) is 18.2. The van der Waals surface area contributed by atoms with Gasteiger partial charge in [-0.05, 0) is 18.4 Å². The molecule has 0 aliphatic rings. The minimum Gasteiger partial charge on any atom is -0.373 e. The second kappa shape index (κ2) is 9.21. The van der Waals surface area contributed by atoms with Gasteiger partial charge in [0.2, 0.25) is 0 Å². The second-order valence-electron chi connectivity index (χ2n) is 6.91. The number of hydrogen-bond donors (Lipinski definition) is 0. The van der Waals surface area contributed by atoms with Crippen molar-refractivity contribution in [3.63, 3.8) is 0 Å². The molecule has 0 spiro atoms. The summed E-state index contributed by atoms with van der Waals surface area (Å²) in [7, 11) is -1.32. The molecule has 0 unspecified atom stereocenters. The van der Waals surface area contributed by atoms with E-state index in [0.717, 1.165) is 6.42 Å². The van der Waals surface area contributed by atoms with Crippen molar-refractivity contribution >= 4 is 8.07 Å². The van der Waals surface area contributed by atoms with Crippen LogP contribution in [0.25, 0.3) is 0 Å².